The smallest absolute Gasteiger partial charge is 0.317 e. The van der Waals surface area contributed by atoms with Gasteiger partial charge in [-0.1, -0.05) is 0 Å². The number of nitrogens with zero attached hydrogens (tertiary/aromatic N) is 1. The van der Waals surface area contributed by atoms with Gasteiger partial charge in [-0.15, -0.1) is 0 Å². The summed E-state index contributed by atoms with van der Waals surface area (Å²) in [4.78, 5) is 13.8. The summed E-state index contributed by atoms with van der Waals surface area (Å²) in [7, 11) is 1.75. The van der Waals surface area contributed by atoms with Crippen LogP contribution in [0.4, 0.5) is 13.6 Å². The lowest BCUT2D eigenvalue weighted by Crippen LogP contribution is -2.41. The second-order valence-corrected chi connectivity index (χ2v) is 5.77. The number of nitrogens with one attached hydrogen (secondary N) is 1. The van der Waals surface area contributed by atoms with E-state index in [9.17, 15) is 13.6 Å². The van der Waals surface area contributed by atoms with Crippen molar-refractivity contribution in [1.82, 2.24) is 10.2 Å². The maximum atomic E-state index is 13.9. The molecule has 0 radical (unpaired) electrons. The van der Waals surface area contributed by atoms with Crippen molar-refractivity contribution in [3.8, 4) is 0 Å². The minimum atomic E-state index is -0.475. The van der Waals surface area contributed by atoms with Crippen LogP contribution in [-0.4, -0.2) is 24.0 Å². The summed E-state index contributed by atoms with van der Waals surface area (Å²) in [5, 5.41) is 2.86. The molecule has 1 N–H and O–H groups in total. The molecule has 3 nitrogen and oxygen atoms in total. The van der Waals surface area contributed by atoms with Gasteiger partial charge in [-0.2, -0.15) is 0 Å². The summed E-state index contributed by atoms with van der Waals surface area (Å²) in [6.07, 6.45) is 3.92. The topological polar surface area (TPSA) is 32.3 Å². The molecular weight excluding hydrogens is 262 g/mol. The van der Waals surface area contributed by atoms with E-state index in [0.717, 1.165) is 37.8 Å². The fourth-order valence-electron chi connectivity index (χ4n) is 2.49. The van der Waals surface area contributed by atoms with E-state index in [-0.39, 0.29) is 17.5 Å². The molecule has 0 aromatic heterocycles. The molecule has 0 unspecified atom stereocenters. The standard InChI is InChI=1S/C15H18F2N2O/c1-19(11-5-6-11)15(20)18-14(9-2-3-9)12-8-10(16)4-7-13(12)17/h4,7-9,11,14H,2-3,5-6H2,1H3,(H,18,20)/t14-/m1/s1. The van der Waals surface area contributed by atoms with Crippen molar-refractivity contribution in [3.63, 3.8) is 0 Å². The number of benzene rings is 1. The molecule has 1 aromatic carbocycles. The van der Waals surface area contributed by atoms with Crippen LogP contribution in [0.15, 0.2) is 18.2 Å². The van der Waals surface area contributed by atoms with Gasteiger partial charge in [0.25, 0.3) is 0 Å². The van der Waals surface area contributed by atoms with Gasteiger partial charge in [0.05, 0.1) is 6.04 Å². The zero-order chi connectivity index (χ0) is 14.3. The third-order valence-electron chi connectivity index (χ3n) is 4.08. The van der Waals surface area contributed by atoms with Crippen molar-refractivity contribution in [2.45, 2.75) is 37.8 Å². The van der Waals surface area contributed by atoms with Gasteiger partial charge in [-0.3, -0.25) is 0 Å². The molecule has 2 amide bonds. The van der Waals surface area contributed by atoms with Gasteiger partial charge in [0, 0.05) is 18.7 Å². The van der Waals surface area contributed by atoms with Gasteiger partial charge in [0.15, 0.2) is 0 Å². The van der Waals surface area contributed by atoms with Crippen molar-refractivity contribution in [2.24, 2.45) is 5.92 Å². The van der Waals surface area contributed by atoms with E-state index in [4.69, 9.17) is 0 Å². The molecule has 0 spiro atoms. The lowest BCUT2D eigenvalue weighted by atomic mass is 10.0. The second kappa shape index (κ2) is 5.04. The van der Waals surface area contributed by atoms with Crippen LogP contribution in [0.2, 0.25) is 0 Å². The van der Waals surface area contributed by atoms with Crippen molar-refractivity contribution in [1.29, 1.82) is 0 Å². The highest BCUT2D eigenvalue weighted by molar-refractivity contribution is 5.75. The maximum absolute atomic E-state index is 13.9. The van der Waals surface area contributed by atoms with E-state index in [2.05, 4.69) is 5.32 Å². The Morgan fingerprint density at radius 3 is 2.60 bits per heavy atom. The second-order valence-electron chi connectivity index (χ2n) is 5.77. The van der Waals surface area contributed by atoms with Crippen molar-refractivity contribution in [3.05, 3.63) is 35.4 Å². The summed E-state index contributed by atoms with van der Waals surface area (Å²) in [5.74, 6) is -0.725. The van der Waals surface area contributed by atoms with Gasteiger partial charge >= 0.3 is 6.03 Å². The predicted molar refractivity (Wildman–Crippen MR) is 71.1 cm³/mol. The van der Waals surface area contributed by atoms with E-state index in [1.807, 2.05) is 0 Å². The lowest BCUT2D eigenvalue weighted by molar-refractivity contribution is 0.200. The highest BCUT2D eigenvalue weighted by Crippen LogP contribution is 2.42. The third-order valence-corrected chi connectivity index (χ3v) is 4.08. The zero-order valence-corrected chi connectivity index (χ0v) is 11.4. The molecular formula is C15H18F2N2O. The van der Waals surface area contributed by atoms with E-state index >= 15 is 0 Å². The zero-order valence-electron chi connectivity index (χ0n) is 11.4. The molecule has 0 aliphatic heterocycles. The van der Waals surface area contributed by atoms with Gasteiger partial charge in [-0.25, -0.2) is 13.6 Å². The van der Waals surface area contributed by atoms with Crippen molar-refractivity contribution >= 4 is 6.03 Å². The average Bonchev–Trinajstić information content (AvgIpc) is 3.29. The Hall–Kier alpha value is -1.65. The highest BCUT2D eigenvalue weighted by atomic mass is 19.1. The number of amides is 2. The summed E-state index contributed by atoms with van der Waals surface area (Å²) in [6, 6.07) is 3.08. The van der Waals surface area contributed by atoms with Crippen LogP contribution in [0.5, 0.6) is 0 Å². The van der Waals surface area contributed by atoms with Crippen LogP contribution >= 0.6 is 0 Å². The molecule has 2 aliphatic rings. The first kappa shape index (κ1) is 13.3. The first-order valence-electron chi connectivity index (χ1n) is 7.04. The first-order valence-corrected chi connectivity index (χ1v) is 7.04. The molecule has 3 rings (SSSR count). The largest absolute Gasteiger partial charge is 0.331 e. The fraction of sp³-hybridized carbons (Fsp3) is 0.533. The van der Waals surface area contributed by atoms with Crippen LogP contribution in [0.3, 0.4) is 0 Å². The molecule has 108 valence electrons. The highest BCUT2D eigenvalue weighted by Gasteiger charge is 2.37. The number of carbonyl (C=O) groups is 1. The van der Waals surface area contributed by atoms with Crippen LogP contribution in [-0.2, 0) is 0 Å². The minimum absolute atomic E-state index is 0.201. The van der Waals surface area contributed by atoms with Crippen LogP contribution < -0.4 is 5.32 Å². The van der Waals surface area contributed by atoms with Crippen LogP contribution in [0.1, 0.15) is 37.3 Å². The van der Waals surface area contributed by atoms with E-state index in [1.54, 1.807) is 11.9 Å². The number of hydrogen-bond acceptors (Lipinski definition) is 1. The minimum Gasteiger partial charge on any atom is -0.331 e. The van der Waals surface area contributed by atoms with E-state index < -0.39 is 17.7 Å². The molecule has 0 saturated heterocycles. The molecule has 2 aliphatic carbocycles. The third kappa shape index (κ3) is 2.76. The molecule has 5 heteroatoms. The Kier molecular flexibility index (Phi) is 3.36. The monoisotopic (exact) mass is 280 g/mol. The molecule has 20 heavy (non-hydrogen) atoms. The Bertz CT molecular complexity index is 527. The van der Waals surface area contributed by atoms with E-state index in [0.29, 0.717) is 6.04 Å². The molecule has 0 bridgehead atoms. The predicted octanol–water partition coefficient (Wildman–Crippen LogP) is 3.22. The van der Waals surface area contributed by atoms with Crippen LogP contribution in [0, 0.1) is 17.6 Å². The van der Waals surface area contributed by atoms with Crippen molar-refractivity contribution in [2.75, 3.05) is 7.05 Å². The molecule has 1 aromatic rings. The number of rotatable bonds is 4. The first-order chi connectivity index (χ1) is 9.56. The van der Waals surface area contributed by atoms with Gasteiger partial charge < -0.3 is 10.2 Å². The number of urea groups is 1. The maximum Gasteiger partial charge on any atom is 0.317 e. The fourth-order valence-corrected chi connectivity index (χ4v) is 2.49. The normalized spacial score (nSPS) is 19.6. The Morgan fingerprint density at radius 1 is 1.30 bits per heavy atom. The Labute approximate surface area is 117 Å². The Morgan fingerprint density at radius 2 is 2.00 bits per heavy atom. The van der Waals surface area contributed by atoms with Gasteiger partial charge in [0.1, 0.15) is 11.6 Å². The molecule has 0 heterocycles. The number of hydrogen-bond donors (Lipinski definition) is 1. The summed E-state index contributed by atoms with van der Waals surface area (Å²) >= 11 is 0. The molecule has 1 atom stereocenters. The number of carbonyl (C=O) groups excluding carboxylic acids is 1. The Balaban J connectivity index is 1.78. The lowest BCUT2D eigenvalue weighted by Gasteiger charge is -2.24. The summed E-state index contributed by atoms with van der Waals surface area (Å²) < 4.78 is 27.2. The summed E-state index contributed by atoms with van der Waals surface area (Å²) in [5.41, 5.74) is 0.255. The van der Waals surface area contributed by atoms with Crippen LogP contribution in [0.25, 0.3) is 0 Å². The van der Waals surface area contributed by atoms with Gasteiger partial charge in [-0.05, 0) is 49.8 Å². The number of halogens is 2. The SMILES string of the molecule is CN(C(=O)N[C@@H](c1cc(F)ccc1F)C1CC1)C1CC1. The summed E-state index contributed by atoms with van der Waals surface area (Å²) in [6.45, 7) is 0. The average molecular weight is 280 g/mol. The quantitative estimate of drug-likeness (QED) is 0.902. The van der Waals surface area contributed by atoms with E-state index in [1.165, 1.54) is 6.07 Å². The van der Waals surface area contributed by atoms with Crippen molar-refractivity contribution < 1.29 is 13.6 Å². The molecule has 2 fully saturated rings. The molecule has 2 saturated carbocycles. The van der Waals surface area contributed by atoms with Gasteiger partial charge in [0.2, 0.25) is 0 Å².